The Morgan fingerprint density at radius 2 is 1.96 bits per heavy atom. The third-order valence-electron chi connectivity index (χ3n) is 4.20. The molecule has 0 spiro atoms. The molecule has 0 atom stereocenters. The second-order valence-electron chi connectivity index (χ2n) is 5.67. The number of aliphatic imine (C=N–C) groups is 2. The first kappa shape index (κ1) is 15.4. The van der Waals surface area contributed by atoms with Gasteiger partial charge in [0.1, 0.15) is 11.7 Å². The van der Waals surface area contributed by atoms with Crippen molar-refractivity contribution < 1.29 is 9.47 Å². The molecule has 1 aromatic carbocycles. The van der Waals surface area contributed by atoms with Crippen LogP contribution in [0.2, 0.25) is 0 Å². The van der Waals surface area contributed by atoms with Gasteiger partial charge in [0.05, 0.1) is 26.5 Å². The molecule has 2 aliphatic rings. The fourth-order valence-corrected chi connectivity index (χ4v) is 3.00. The minimum absolute atomic E-state index is 0.660. The van der Waals surface area contributed by atoms with E-state index < -0.39 is 0 Å². The van der Waals surface area contributed by atoms with E-state index in [0.717, 1.165) is 41.6 Å². The summed E-state index contributed by atoms with van der Waals surface area (Å²) < 4.78 is 10.8. The number of nitrogens with zero attached hydrogens (tertiary/aromatic N) is 4. The van der Waals surface area contributed by atoms with E-state index >= 15 is 0 Å². The topological polar surface area (TPSA) is 59.3 Å². The predicted octanol–water partition coefficient (Wildman–Crippen LogP) is 2.92. The maximum atomic E-state index is 5.42. The summed E-state index contributed by atoms with van der Waals surface area (Å²) >= 11 is 0. The molecular formula is C19H18N4O2. The molecule has 25 heavy (non-hydrogen) atoms. The average molecular weight is 334 g/mol. The van der Waals surface area contributed by atoms with Crippen molar-refractivity contribution in [2.75, 3.05) is 27.3 Å². The van der Waals surface area contributed by atoms with Crippen LogP contribution < -0.4 is 9.47 Å². The van der Waals surface area contributed by atoms with Gasteiger partial charge in [-0.2, -0.15) is 0 Å². The third-order valence-corrected chi connectivity index (χ3v) is 4.20. The Hall–Kier alpha value is -3.15. The molecule has 4 rings (SSSR count). The van der Waals surface area contributed by atoms with E-state index in [2.05, 4.69) is 14.9 Å². The van der Waals surface area contributed by atoms with E-state index in [-0.39, 0.29) is 0 Å². The molecule has 0 unspecified atom stereocenters. The summed E-state index contributed by atoms with van der Waals surface area (Å²) in [6.07, 6.45) is 7.59. The maximum Gasteiger partial charge on any atom is 0.162 e. The second kappa shape index (κ2) is 6.39. The van der Waals surface area contributed by atoms with Gasteiger partial charge < -0.3 is 14.4 Å². The zero-order valence-electron chi connectivity index (χ0n) is 14.1. The zero-order chi connectivity index (χ0) is 17.2. The fourth-order valence-electron chi connectivity index (χ4n) is 3.00. The molecule has 0 fully saturated rings. The second-order valence-corrected chi connectivity index (χ2v) is 5.67. The number of benzene rings is 1. The van der Waals surface area contributed by atoms with Crippen LogP contribution in [0, 0.1) is 0 Å². The van der Waals surface area contributed by atoms with Crippen LogP contribution in [0.25, 0.3) is 6.08 Å². The molecule has 1 aromatic heterocycles. The highest BCUT2D eigenvalue weighted by Crippen LogP contribution is 2.38. The van der Waals surface area contributed by atoms with Gasteiger partial charge in [0.25, 0.3) is 0 Å². The molecule has 2 aliphatic heterocycles. The zero-order valence-corrected chi connectivity index (χ0v) is 14.1. The van der Waals surface area contributed by atoms with Gasteiger partial charge in [-0.3, -0.25) is 9.98 Å². The van der Waals surface area contributed by atoms with Crippen molar-refractivity contribution in [1.82, 2.24) is 9.88 Å². The van der Waals surface area contributed by atoms with Crippen molar-refractivity contribution in [3.8, 4) is 11.5 Å². The summed E-state index contributed by atoms with van der Waals surface area (Å²) in [6.45, 7) is 1.57. The molecule has 0 radical (unpaired) electrons. The molecule has 0 aliphatic carbocycles. The maximum absolute atomic E-state index is 5.42. The lowest BCUT2D eigenvalue weighted by molar-refractivity contribution is 0.355. The van der Waals surface area contributed by atoms with Crippen LogP contribution in [0.5, 0.6) is 11.5 Å². The Morgan fingerprint density at radius 3 is 2.72 bits per heavy atom. The monoisotopic (exact) mass is 334 g/mol. The van der Waals surface area contributed by atoms with Gasteiger partial charge in [0.15, 0.2) is 11.5 Å². The average Bonchev–Trinajstić information content (AvgIpc) is 3.16. The highest BCUT2D eigenvalue weighted by atomic mass is 16.5. The molecule has 0 N–H and O–H groups in total. The first-order chi connectivity index (χ1) is 12.3. The summed E-state index contributed by atoms with van der Waals surface area (Å²) in [5, 5.41) is 0. The first-order valence-electron chi connectivity index (χ1n) is 8.05. The number of aromatic nitrogens is 1. The highest BCUT2D eigenvalue weighted by Gasteiger charge is 2.29. The first-order valence-corrected chi connectivity index (χ1v) is 8.05. The van der Waals surface area contributed by atoms with E-state index in [1.54, 1.807) is 20.4 Å². The molecule has 0 saturated carbocycles. The van der Waals surface area contributed by atoms with E-state index in [0.29, 0.717) is 11.5 Å². The number of hydrogen-bond donors (Lipinski definition) is 0. The molecule has 2 aromatic rings. The van der Waals surface area contributed by atoms with Crippen LogP contribution in [0.4, 0.5) is 5.69 Å². The van der Waals surface area contributed by atoms with Crippen LogP contribution in [-0.2, 0) is 0 Å². The largest absolute Gasteiger partial charge is 0.493 e. The highest BCUT2D eigenvalue weighted by molar-refractivity contribution is 6.19. The molecule has 126 valence electrons. The SMILES string of the molecule is COc1cc2c(cc1OC)C1=NCCN1C(C=Cc1cccnc1)=N2. The summed E-state index contributed by atoms with van der Waals surface area (Å²) in [4.78, 5) is 15.7. The van der Waals surface area contributed by atoms with Crippen molar-refractivity contribution >= 4 is 23.4 Å². The predicted molar refractivity (Wildman–Crippen MR) is 98.0 cm³/mol. The van der Waals surface area contributed by atoms with Crippen molar-refractivity contribution in [1.29, 1.82) is 0 Å². The quantitative estimate of drug-likeness (QED) is 0.862. The summed E-state index contributed by atoms with van der Waals surface area (Å²) in [6, 6.07) is 7.76. The number of pyridine rings is 1. The lowest BCUT2D eigenvalue weighted by atomic mass is 10.1. The van der Waals surface area contributed by atoms with Gasteiger partial charge in [0.2, 0.25) is 0 Å². The Kier molecular flexibility index (Phi) is 3.93. The number of rotatable bonds is 4. The smallest absolute Gasteiger partial charge is 0.162 e. The Morgan fingerprint density at radius 1 is 1.12 bits per heavy atom. The Bertz CT molecular complexity index is 888. The van der Waals surface area contributed by atoms with Crippen molar-refractivity contribution in [3.05, 3.63) is 53.9 Å². The van der Waals surface area contributed by atoms with Crippen molar-refractivity contribution in [2.24, 2.45) is 9.98 Å². The van der Waals surface area contributed by atoms with Crippen LogP contribution in [0.1, 0.15) is 11.1 Å². The molecule has 0 bridgehead atoms. The minimum Gasteiger partial charge on any atom is -0.493 e. The van der Waals surface area contributed by atoms with Crippen molar-refractivity contribution in [2.45, 2.75) is 0 Å². The van der Waals surface area contributed by atoms with Gasteiger partial charge in [0, 0.05) is 30.6 Å². The van der Waals surface area contributed by atoms with Crippen molar-refractivity contribution in [3.63, 3.8) is 0 Å². The number of amidine groups is 2. The summed E-state index contributed by atoms with van der Waals surface area (Å²) in [5.41, 5.74) is 2.83. The lowest BCUT2D eigenvalue weighted by Crippen LogP contribution is -2.36. The Labute approximate surface area is 146 Å². The molecule has 6 heteroatoms. The molecule has 0 saturated heterocycles. The van der Waals surface area contributed by atoms with Crippen LogP contribution >= 0.6 is 0 Å². The van der Waals surface area contributed by atoms with E-state index in [1.807, 2.05) is 42.6 Å². The van der Waals surface area contributed by atoms with E-state index in [1.165, 1.54) is 0 Å². The Balaban J connectivity index is 1.78. The third kappa shape index (κ3) is 2.76. The molecular weight excluding hydrogens is 316 g/mol. The van der Waals surface area contributed by atoms with E-state index in [9.17, 15) is 0 Å². The number of fused-ring (bicyclic) bond motifs is 3. The van der Waals surface area contributed by atoms with Gasteiger partial charge in [-0.1, -0.05) is 6.07 Å². The van der Waals surface area contributed by atoms with Gasteiger partial charge in [-0.25, -0.2) is 4.99 Å². The van der Waals surface area contributed by atoms with Crippen LogP contribution in [-0.4, -0.2) is 48.9 Å². The molecule has 3 heterocycles. The summed E-state index contributed by atoms with van der Waals surface area (Å²) in [7, 11) is 3.26. The standard InChI is InChI=1S/C19H18N4O2/c1-24-16-10-14-15(11-17(16)25-2)22-18(23-9-8-21-19(14)23)6-5-13-4-3-7-20-12-13/h3-7,10-12H,8-9H2,1-2H3. The molecule has 6 nitrogen and oxygen atoms in total. The number of methoxy groups -OCH3 is 2. The van der Waals surface area contributed by atoms with Crippen LogP contribution in [0.15, 0.2) is 52.7 Å². The number of hydrogen-bond acceptors (Lipinski definition) is 6. The summed E-state index contributed by atoms with van der Waals surface area (Å²) in [5.74, 6) is 3.13. The normalized spacial score (nSPS) is 15.5. The lowest BCUT2D eigenvalue weighted by Gasteiger charge is -2.26. The number of ether oxygens (including phenoxy) is 2. The van der Waals surface area contributed by atoms with Gasteiger partial charge in [-0.15, -0.1) is 0 Å². The fraction of sp³-hybridized carbons (Fsp3) is 0.211. The van der Waals surface area contributed by atoms with Gasteiger partial charge in [-0.05, 0) is 29.8 Å². The molecule has 0 amide bonds. The van der Waals surface area contributed by atoms with E-state index in [4.69, 9.17) is 14.5 Å². The minimum atomic E-state index is 0.660. The van der Waals surface area contributed by atoms with Crippen LogP contribution in [0.3, 0.4) is 0 Å². The van der Waals surface area contributed by atoms with Gasteiger partial charge >= 0.3 is 0 Å².